The van der Waals surface area contributed by atoms with Crippen molar-refractivity contribution >= 4 is 38.9 Å². The number of sulfonamides is 1. The van der Waals surface area contributed by atoms with Gasteiger partial charge in [-0.05, 0) is 25.0 Å². The molecule has 0 bridgehead atoms. The van der Waals surface area contributed by atoms with Crippen molar-refractivity contribution in [2.24, 2.45) is 11.7 Å². The zero-order chi connectivity index (χ0) is 16.3. The maximum atomic E-state index is 12.0. The quantitative estimate of drug-likeness (QED) is 0.684. The first-order valence-corrected chi connectivity index (χ1v) is 9.04. The Morgan fingerprint density at radius 1 is 1.48 bits per heavy atom. The zero-order valence-corrected chi connectivity index (χ0v) is 14.5. The minimum absolute atomic E-state index is 0.0748. The average Bonchev–Trinajstić information content (AvgIpc) is 2.83. The Morgan fingerprint density at radius 2 is 2.10 bits per heavy atom. The van der Waals surface area contributed by atoms with Gasteiger partial charge >= 0.3 is 0 Å². The Bertz CT molecular complexity index is 601. The standard InChI is InChI=1S/C12H20ClN3O3S2/c1-8(2)12(3,7-14)16-10(17)6-15-21(18,19)11-5-4-9(13)20-11/h4-5,8,15H,6-7,14H2,1-3H3,(H,16,17). The van der Waals surface area contributed by atoms with Crippen LogP contribution in [0.15, 0.2) is 16.3 Å². The molecule has 21 heavy (non-hydrogen) atoms. The minimum Gasteiger partial charge on any atom is -0.348 e. The van der Waals surface area contributed by atoms with Crippen LogP contribution in [-0.4, -0.2) is 33.0 Å². The lowest BCUT2D eigenvalue weighted by atomic mass is 9.88. The topological polar surface area (TPSA) is 101 Å². The van der Waals surface area contributed by atoms with Crippen molar-refractivity contribution in [3.05, 3.63) is 16.5 Å². The lowest BCUT2D eigenvalue weighted by molar-refractivity contribution is -0.122. The van der Waals surface area contributed by atoms with Crippen LogP contribution in [0, 0.1) is 5.92 Å². The van der Waals surface area contributed by atoms with E-state index < -0.39 is 21.5 Å². The number of thiophene rings is 1. The van der Waals surface area contributed by atoms with E-state index in [9.17, 15) is 13.2 Å². The van der Waals surface area contributed by atoms with Gasteiger partial charge < -0.3 is 11.1 Å². The fourth-order valence-corrected chi connectivity index (χ4v) is 3.98. The molecule has 0 saturated heterocycles. The summed E-state index contributed by atoms with van der Waals surface area (Å²) in [7, 11) is -3.73. The van der Waals surface area contributed by atoms with Gasteiger partial charge in [-0.3, -0.25) is 4.79 Å². The molecule has 1 heterocycles. The van der Waals surface area contributed by atoms with E-state index in [0.717, 1.165) is 11.3 Å². The number of rotatable bonds is 7. The molecule has 0 spiro atoms. The monoisotopic (exact) mass is 353 g/mol. The van der Waals surface area contributed by atoms with Crippen LogP contribution in [-0.2, 0) is 14.8 Å². The molecule has 0 aromatic carbocycles. The molecule has 0 aliphatic rings. The second kappa shape index (κ2) is 7.06. The summed E-state index contributed by atoms with van der Waals surface area (Å²) in [4.78, 5) is 11.9. The normalized spacial score (nSPS) is 15.0. The van der Waals surface area contributed by atoms with E-state index in [0.29, 0.717) is 4.34 Å². The fourth-order valence-electron chi connectivity index (χ4n) is 1.47. The van der Waals surface area contributed by atoms with Crippen LogP contribution in [0.25, 0.3) is 0 Å². The highest BCUT2D eigenvalue weighted by atomic mass is 35.5. The van der Waals surface area contributed by atoms with Crippen LogP contribution in [0.2, 0.25) is 4.34 Å². The number of halogens is 1. The van der Waals surface area contributed by atoms with Gasteiger partial charge in [-0.25, -0.2) is 13.1 Å². The van der Waals surface area contributed by atoms with Crippen molar-refractivity contribution in [3.8, 4) is 0 Å². The molecule has 120 valence electrons. The summed E-state index contributed by atoms with van der Waals surface area (Å²) in [5.41, 5.74) is 5.09. The third-order valence-electron chi connectivity index (χ3n) is 3.36. The molecule has 4 N–H and O–H groups in total. The molecule has 1 aromatic rings. The second-order valence-electron chi connectivity index (χ2n) is 5.21. The van der Waals surface area contributed by atoms with Gasteiger partial charge in [0.1, 0.15) is 4.21 Å². The zero-order valence-electron chi connectivity index (χ0n) is 12.1. The molecule has 1 atom stereocenters. The van der Waals surface area contributed by atoms with E-state index in [1.807, 2.05) is 20.8 Å². The summed E-state index contributed by atoms with van der Waals surface area (Å²) >= 11 is 6.64. The lowest BCUT2D eigenvalue weighted by Gasteiger charge is -2.33. The van der Waals surface area contributed by atoms with E-state index in [-0.39, 0.29) is 23.2 Å². The Labute approximate surface area is 134 Å². The highest BCUT2D eigenvalue weighted by Crippen LogP contribution is 2.25. The first-order valence-electron chi connectivity index (χ1n) is 6.37. The average molecular weight is 354 g/mol. The molecule has 0 fully saturated rings. The molecule has 0 radical (unpaired) electrons. The van der Waals surface area contributed by atoms with Crippen LogP contribution >= 0.6 is 22.9 Å². The number of carbonyl (C=O) groups excluding carboxylic acids is 1. The summed E-state index contributed by atoms with van der Waals surface area (Å²) in [6.07, 6.45) is 0. The summed E-state index contributed by atoms with van der Waals surface area (Å²) in [6, 6.07) is 2.89. The molecule has 6 nitrogen and oxygen atoms in total. The van der Waals surface area contributed by atoms with Crippen molar-refractivity contribution in [3.63, 3.8) is 0 Å². The summed E-state index contributed by atoms with van der Waals surface area (Å²) in [5, 5.41) is 2.76. The molecule has 0 aliphatic carbocycles. The summed E-state index contributed by atoms with van der Waals surface area (Å²) in [6.45, 7) is 5.61. The number of hydrogen-bond acceptors (Lipinski definition) is 5. The van der Waals surface area contributed by atoms with Gasteiger partial charge in [-0.1, -0.05) is 25.4 Å². The molecule has 9 heteroatoms. The van der Waals surface area contributed by atoms with Gasteiger partial charge in [-0.15, -0.1) is 11.3 Å². The van der Waals surface area contributed by atoms with E-state index >= 15 is 0 Å². The van der Waals surface area contributed by atoms with E-state index in [1.165, 1.54) is 12.1 Å². The first-order chi connectivity index (χ1) is 9.60. The van der Waals surface area contributed by atoms with Gasteiger partial charge in [0, 0.05) is 6.54 Å². The minimum atomic E-state index is -3.73. The smallest absolute Gasteiger partial charge is 0.250 e. The Morgan fingerprint density at radius 3 is 2.52 bits per heavy atom. The van der Waals surface area contributed by atoms with Crippen LogP contribution in [0.5, 0.6) is 0 Å². The van der Waals surface area contributed by atoms with Crippen LogP contribution < -0.4 is 15.8 Å². The highest BCUT2D eigenvalue weighted by Gasteiger charge is 2.29. The number of nitrogens with two attached hydrogens (primary N) is 1. The molecule has 0 aliphatic heterocycles. The lowest BCUT2D eigenvalue weighted by Crippen LogP contribution is -2.56. The summed E-state index contributed by atoms with van der Waals surface area (Å²) < 4.78 is 26.6. The van der Waals surface area contributed by atoms with Crippen LogP contribution in [0.4, 0.5) is 0 Å². The maximum Gasteiger partial charge on any atom is 0.250 e. The van der Waals surface area contributed by atoms with Crippen LogP contribution in [0.3, 0.4) is 0 Å². The fraction of sp³-hybridized carbons (Fsp3) is 0.583. The van der Waals surface area contributed by atoms with Crippen LogP contribution in [0.1, 0.15) is 20.8 Å². The molecular weight excluding hydrogens is 334 g/mol. The highest BCUT2D eigenvalue weighted by molar-refractivity contribution is 7.91. The van der Waals surface area contributed by atoms with Crippen molar-refractivity contribution in [2.75, 3.05) is 13.1 Å². The molecule has 1 amide bonds. The predicted molar refractivity (Wildman–Crippen MR) is 85.0 cm³/mol. The van der Waals surface area contributed by atoms with E-state index in [2.05, 4.69) is 10.0 Å². The van der Waals surface area contributed by atoms with Crippen molar-refractivity contribution in [1.29, 1.82) is 0 Å². The molecule has 1 aromatic heterocycles. The number of nitrogens with one attached hydrogen (secondary N) is 2. The number of amides is 1. The largest absolute Gasteiger partial charge is 0.348 e. The SMILES string of the molecule is CC(C)C(C)(CN)NC(=O)CNS(=O)(=O)c1ccc(Cl)s1. The molecule has 1 rings (SSSR count). The Hall–Kier alpha value is -0.670. The molecule has 1 unspecified atom stereocenters. The first kappa shape index (κ1) is 18.4. The Balaban J connectivity index is 2.65. The van der Waals surface area contributed by atoms with Gasteiger partial charge in [0.15, 0.2) is 0 Å². The van der Waals surface area contributed by atoms with Crippen molar-refractivity contribution < 1.29 is 13.2 Å². The van der Waals surface area contributed by atoms with E-state index in [4.69, 9.17) is 17.3 Å². The van der Waals surface area contributed by atoms with E-state index in [1.54, 1.807) is 0 Å². The summed E-state index contributed by atoms with van der Waals surface area (Å²) in [5.74, 6) is -0.304. The third-order valence-corrected chi connectivity index (χ3v) is 6.48. The Kier molecular flexibility index (Phi) is 6.18. The molecular formula is C12H20ClN3O3S2. The van der Waals surface area contributed by atoms with Gasteiger partial charge in [-0.2, -0.15) is 0 Å². The third kappa shape index (κ3) is 4.93. The number of carbonyl (C=O) groups is 1. The van der Waals surface area contributed by atoms with Crippen molar-refractivity contribution in [1.82, 2.24) is 10.0 Å². The number of hydrogen-bond donors (Lipinski definition) is 3. The maximum absolute atomic E-state index is 12.0. The molecule has 0 saturated carbocycles. The van der Waals surface area contributed by atoms with Gasteiger partial charge in [0.05, 0.1) is 16.4 Å². The van der Waals surface area contributed by atoms with Gasteiger partial charge in [0.25, 0.3) is 10.0 Å². The van der Waals surface area contributed by atoms with Gasteiger partial charge in [0.2, 0.25) is 5.91 Å². The van der Waals surface area contributed by atoms with Crippen molar-refractivity contribution in [2.45, 2.75) is 30.5 Å². The second-order valence-corrected chi connectivity index (χ2v) is 8.92. The predicted octanol–water partition coefficient (Wildman–Crippen LogP) is 1.17.